The highest BCUT2D eigenvalue weighted by Crippen LogP contribution is 2.22. The van der Waals surface area contributed by atoms with E-state index in [4.69, 9.17) is 0 Å². The summed E-state index contributed by atoms with van der Waals surface area (Å²) in [6.07, 6.45) is 3.81. The van der Waals surface area contributed by atoms with Crippen molar-refractivity contribution < 1.29 is 13.2 Å². The maximum absolute atomic E-state index is 12.7. The second-order valence-corrected chi connectivity index (χ2v) is 7.48. The van der Waals surface area contributed by atoms with Crippen molar-refractivity contribution in [3.05, 3.63) is 36.0 Å². The van der Waals surface area contributed by atoms with Crippen molar-refractivity contribution in [1.29, 1.82) is 0 Å². The summed E-state index contributed by atoms with van der Waals surface area (Å²) in [4.78, 5) is 16.3. The van der Waals surface area contributed by atoms with E-state index in [0.29, 0.717) is 18.5 Å². The van der Waals surface area contributed by atoms with E-state index in [1.807, 2.05) is 19.1 Å². The topological polar surface area (TPSA) is 88.2 Å². The molecule has 7 heteroatoms. The first-order chi connectivity index (χ1) is 11.0. The zero-order valence-corrected chi connectivity index (χ0v) is 13.7. The quantitative estimate of drug-likeness (QED) is 0.891. The van der Waals surface area contributed by atoms with Gasteiger partial charge < -0.3 is 5.32 Å². The highest BCUT2D eigenvalue weighted by molar-refractivity contribution is 7.89. The molecule has 23 heavy (non-hydrogen) atoms. The lowest BCUT2D eigenvalue weighted by Gasteiger charge is -2.16. The molecule has 3 rings (SSSR count). The van der Waals surface area contributed by atoms with Crippen LogP contribution in [0.2, 0.25) is 0 Å². The van der Waals surface area contributed by atoms with Crippen LogP contribution in [0.1, 0.15) is 24.8 Å². The lowest BCUT2D eigenvalue weighted by molar-refractivity contribution is -0.122. The van der Waals surface area contributed by atoms with Crippen molar-refractivity contribution in [1.82, 2.24) is 15.0 Å². The smallest absolute Gasteiger partial charge is 0.243 e. The first-order valence-corrected chi connectivity index (χ1v) is 9.11. The molecule has 2 aromatic rings. The monoisotopic (exact) mass is 333 g/mol. The molecule has 0 spiro atoms. The fraction of sp³-hybridized carbons (Fsp3) is 0.375. The number of sulfonamides is 1. The number of aromatic nitrogens is 1. The number of benzene rings is 1. The van der Waals surface area contributed by atoms with Crippen LogP contribution in [0.5, 0.6) is 0 Å². The van der Waals surface area contributed by atoms with Gasteiger partial charge >= 0.3 is 0 Å². The van der Waals surface area contributed by atoms with Crippen LogP contribution in [-0.2, 0) is 14.8 Å². The van der Waals surface area contributed by atoms with Crippen LogP contribution < -0.4 is 10.0 Å². The molecule has 0 aliphatic carbocycles. The molecule has 1 fully saturated rings. The fourth-order valence-electron chi connectivity index (χ4n) is 2.76. The minimum Gasteiger partial charge on any atom is -0.355 e. The molecule has 1 aromatic carbocycles. The molecule has 0 saturated carbocycles. The Balaban J connectivity index is 1.98. The normalized spacial score (nSPS) is 19.3. The third-order valence-corrected chi connectivity index (χ3v) is 5.44. The lowest BCUT2D eigenvalue weighted by atomic mass is 10.1. The zero-order chi connectivity index (χ0) is 16.4. The van der Waals surface area contributed by atoms with Crippen LogP contribution in [0.15, 0.2) is 35.4 Å². The zero-order valence-electron chi connectivity index (χ0n) is 12.9. The number of amides is 1. The average molecular weight is 333 g/mol. The third kappa shape index (κ3) is 3.35. The molecule has 0 bridgehead atoms. The molecule has 1 saturated heterocycles. The molecule has 122 valence electrons. The van der Waals surface area contributed by atoms with Gasteiger partial charge in [0.2, 0.25) is 15.9 Å². The molecule has 2 heterocycles. The molecule has 1 atom stereocenters. The first-order valence-electron chi connectivity index (χ1n) is 7.63. The first kappa shape index (κ1) is 15.9. The summed E-state index contributed by atoms with van der Waals surface area (Å²) in [6.45, 7) is 2.49. The molecule has 0 unspecified atom stereocenters. The lowest BCUT2D eigenvalue weighted by Crippen LogP contribution is -2.45. The van der Waals surface area contributed by atoms with Crippen molar-refractivity contribution in [3.8, 4) is 0 Å². The Kier molecular flexibility index (Phi) is 4.32. The summed E-state index contributed by atoms with van der Waals surface area (Å²) in [5.41, 5.74) is 1.38. The van der Waals surface area contributed by atoms with Gasteiger partial charge in [0.25, 0.3) is 0 Å². The van der Waals surface area contributed by atoms with Crippen LogP contribution in [-0.4, -0.2) is 31.9 Å². The number of carbonyl (C=O) groups excluding carboxylic acids is 1. The van der Waals surface area contributed by atoms with Gasteiger partial charge in [0.15, 0.2) is 0 Å². The second kappa shape index (κ2) is 6.25. The van der Waals surface area contributed by atoms with Crippen LogP contribution >= 0.6 is 0 Å². The summed E-state index contributed by atoms with van der Waals surface area (Å²) in [5, 5.41) is 3.49. The summed E-state index contributed by atoms with van der Waals surface area (Å²) < 4.78 is 28.0. The highest BCUT2D eigenvalue weighted by Gasteiger charge is 2.28. The van der Waals surface area contributed by atoms with Crippen molar-refractivity contribution in [3.63, 3.8) is 0 Å². The Morgan fingerprint density at radius 2 is 2.13 bits per heavy atom. The molecule has 2 N–H and O–H groups in total. The Morgan fingerprint density at radius 1 is 1.30 bits per heavy atom. The fourth-order valence-corrected chi connectivity index (χ4v) is 4.17. The Morgan fingerprint density at radius 3 is 2.96 bits per heavy atom. The molecule has 1 aliphatic heterocycles. The number of para-hydroxylation sites is 1. The summed E-state index contributed by atoms with van der Waals surface area (Å²) in [5.74, 6) is -0.268. The Bertz CT molecular complexity index is 849. The van der Waals surface area contributed by atoms with Crippen LogP contribution in [0.3, 0.4) is 0 Å². The predicted molar refractivity (Wildman–Crippen MR) is 87.5 cm³/mol. The SMILES string of the molecule is Cc1cnc2c(S(=O)(=O)N[C@H]3CCCCNC3=O)cccc2c1. The maximum atomic E-state index is 12.7. The summed E-state index contributed by atoms with van der Waals surface area (Å²) in [6, 6.07) is 6.18. The third-order valence-electron chi connectivity index (χ3n) is 3.93. The van der Waals surface area contributed by atoms with Crippen molar-refractivity contribution in [2.24, 2.45) is 0 Å². The van der Waals surface area contributed by atoms with Gasteiger partial charge in [0, 0.05) is 18.1 Å². The number of rotatable bonds is 3. The van der Waals surface area contributed by atoms with Crippen LogP contribution in [0.25, 0.3) is 10.9 Å². The van der Waals surface area contributed by atoms with Gasteiger partial charge in [-0.2, -0.15) is 4.72 Å². The number of nitrogens with one attached hydrogen (secondary N) is 2. The average Bonchev–Trinajstić information content (AvgIpc) is 2.71. The molecule has 1 aromatic heterocycles. The van der Waals surface area contributed by atoms with Gasteiger partial charge in [0.05, 0.1) is 5.52 Å². The molecule has 1 aliphatic rings. The largest absolute Gasteiger partial charge is 0.355 e. The second-order valence-electron chi connectivity index (χ2n) is 5.80. The van der Waals surface area contributed by atoms with Gasteiger partial charge in [-0.1, -0.05) is 12.1 Å². The van der Waals surface area contributed by atoms with E-state index in [1.54, 1.807) is 12.3 Å². The van der Waals surface area contributed by atoms with Crippen molar-refractivity contribution in [2.75, 3.05) is 6.54 Å². The number of aryl methyl sites for hydroxylation is 1. The summed E-state index contributed by atoms with van der Waals surface area (Å²) in [7, 11) is -3.82. The van der Waals surface area contributed by atoms with E-state index >= 15 is 0 Å². The van der Waals surface area contributed by atoms with Gasteiger partial charge in [-0.05, 0) is 43.9 Å². The number of fused-ring (bicyclic) bond motifs is 1. The van der Waals surface area contributed by atoms with E-state index in [0.717, 1.165) is 23.8 Å². The number of pyridine rings is 1. The molecular formula is C16H19N3O3S. The minimum absolute atomic E-state index is 0.104. The standard InChI is InChI=1S/C16H19N3O3S/c1-11-9-12-5-4-7-14(15(12)18-10-11)23(21,22)19-13-6-2-3-8-17-16(13)20/h4-5,7,9-10,13,19H,2-3,6,8H2,1H3,(H,17,20)/t13-/m0/s1. The molecular weight excluding hydrogens is 314 g/mol. The Labute approximate surface area is 135 Å². The number of nitrogens with zero attached hydrogens (tertiary/aromatic N) is 1. The van der Waals surface area contributed by atoms with Gasteiger partial charge in [-0.15, -0.1) is 0 Å². The van der Waals surface area contributed by atoms with E-state index in [-0.39, 0.29) is 10.8 Å². The van der Waals surface area contributed by atoms with E-state index in [2.05, 4.69) is 15.0 Å². The molecule has 0 radical (unpaired) electrons. The number of carbonyl (C=O) groups is 1. The van der Waals surface area contributed by atoms with E-state index in [1.165, 1.54) is 6.07 Å². The predicted octanol–water partition coefficient (Wildman–Crippen LogP) is 1.49. The summed E-state index contributed by atoms with van der Waals surface area (Å²) >= 11 is 0. The van der Waals surface area contributed by atoms with E-state index in [9.17, 15) is 13.2 Å². The van der Waals surface area contributed by atoms with E-state index < -0.39 is 16.1 Å². The van der Waals surface area contributed by atoms with Gasteiger partial charge in [-0.25, -0.2) is 8.42 Å². The van der Waals surface area contributed by atoms with Crippen molar-refractivity contribution in [2.45, 2.75) is 37.1 Å². The Hall–Kier alpha value is -1.99. The number of hydrogen-bond acceptors (Lipinski definition) is 4. The van der Waals surface area contributed by atoms with Gasteiger partial charge in [0.1, 0.15) is 10.9 Å². The minimum atomic E-state index is -3.82. The van der Waals surface area contributed by atoms with Crippen LogP contribution in [0, 0.1) is 6.92 Å². The molecule has 6 nitrogen and oxygen atoms in total. The molecule has 1 amide bonds. The number of hydrogen-bond donors (Lipinski definition) is 2. The van der Waals surface area contributed by atoms with Crippen LogP contribution in [0.4, 0.5) is 0 Å². The highest BCUT2D eigenvalue weighted by atomic mass is 32.2. The van der Waals surface area contributed by atoms with Gasteiger partial charge in [-0.3, -0.25) is 9.78 Å². The van der Waals surface area contributed by atoms with Crippen molar-refractivity contribution >= 4 is 26.8 Å². The maximum Gasteiger partial charge on any atom is 0.243 e.